The van der Waals surface area contributed by atoms with Crippen LogP contribution in [-0.2, 0) is 0 Å². The molecule has 0 amide bonds. The first-order valence-corrected chi connectivity index (χ1v) is 8.02. The van der Waals surface area contributed by atoms with Crippen LogP contribution in [0, 0.1) is 11.8 Å². The zero-order chi connectivity index (χ0) is 12.5. The lowest BCUT2D eigenvalue weighted by molar-refractivity contribution is 0.262. The number of hydrogen-bond acceptors (Lipinski definition) is 1. The van der Waals surface area contributed by atoms with Crippen LogP contribution < -0.4 is 0 Å². The minimum Gasteiger partial charge on any atom is -0.304 e. The van der Waals surface area contributed by atoms with E-state index in [-0.39, 0.29) is 0 Å². The zero-order valence-corrected chi connectivity index (χ0v) is 12.4. The average Bonchev–Trinajstić information content (AvgIpc) is 3.14. The average molecular weight is 239 g/mol. The van der Waals surface area contributed by atoms with Gasteiger partial charge in [-0.2, -0.15) is 0 Å². The summed E-state index contributed by atoms with van der Waals surface area (Å²) in [6.07, 6.45) is 11.8. The second kappa shape index (κ2) is 8.97. The van der Waals surface area contributed by atoms with Gasteiger partial charge in [-0.15, -0.1) is 0 Å². The first-order chi connectivity index (χ1) is 8.30. The van der Waals surface area contributed by atoms with Crippen LogP contribution in [0.2, 0.25) is 0 Å². The Morgan fingerprint density at radius 2 is 1.71 bits per heavy atom. The minimum absolute atomic E-state index is 0.999. The molecule has 0 aromatic heterocycles. The van der Waals surface area contributed by atoms with Crippen LogP contribution in [0.1, 0.15) is 72.1 Å². The molecular weight excluding hydrogens is 206 g/mol. The van der Waals surface area contributed by atoms with Crippen LogP contribution in [0.5, 0.6) is 0 Å². The summed E-state index contributed by atoms with van der Waals surface area (Å²) in [6.45, 7) is 10.7. The highest BCUT2D eigenvalue weighted by Crippen LogP contribution is 2.35. The summed E-state index contributed by atoms with van der Waals surface area (Å²) in [7, 11) is 0. The Morgan fingerprint density at radius 1 is 1.00 bits per heavy atom. The number of rotatable bonds is 11. The normalized spacial score (nSPS) is 17.6. The molecule has 1 aliphatic rings. The third kappa shape index (κ3) is 7.08. The molecular formula is C16H33N. The fourth-order valence-corrected chi connectivity index (χ4v) is 2.85. The van der Waals surface area contributed by atoms with E-state index >= 15 is 0 Å². The van der Waals surface area contributed by atoms with Gasteiger partial charge in [-0.05, 0) is 37.9 Å². The predicted molar refractivity (Wildman–Crippen MR) is 77.4 cm³/mol. The molecule has 1 nitrogen and oxygen atoms in total. The third-order valence-corrected chi connectivity index (χ3v) is 4.37. The molecule has 1 rings (SSSR count). The Bertz CT molecular complexity index is 170. The molecule has 0 N–H and O–H groups in total. The molecule has 1 saturated carbocycles. The highest BCUT2D eigenvalue weighted by atomic mass is 15.1. The molecule has 0 heterocycles. The molecule has 0 aliphatic heterocycles. The van der Waals surface area contributed by atoms with Crippen molar-refractivity contribution >= 4 is 0 Å². The van der Waals surface area contributed by atoms with Crippen LogP contribution in [0.15, 0.2) is 0 Å². The fourth-order valence-electron chi connectivity index (χ4n) is 2.85. The summed E-state index contributed by atoms with van der Waals surface area (Å²) in [4.78, 5) is 2.57. The van der Waals surface area contributed by atoms with Gasteiger partial charge in [0.1, 0.15) is 0 Å². The molecule has 0 aromatic rings. The lowest BCUT2D eigenvalue weighted by Gasteiger charge is -2.22. The van der Waals surface area contributed by atoms with Gasteiger partial charge in [0.15, 0.2) is 0 Å². The summed E-state index contributed by atoms with van der Waals surface area (Å²) in [6, 6.07) is 0. The van der Waals surface area contributed by atoms with Crippen LogP contribution in [0.4, 0.5) is 0 Å². The molecule has 0 bridgehead atoms. The van der Waals surface area contributed by atoms with Gasteiger partial charge in [-0.25, -0.2) is 0 Å². The smallest absolute Gasteiger partial charge is 0.00163 e. The quantitative estimate of drug-likeness (QED) is 0.504. The SMILES string of the molecule is CCCC(CCCC1CC1)CCN(CC)CC. The summed E-state index contributed by atoms with van der Waals surface area (Å²) in [5, 5.41) is 0. The molecule has 0 spiro atoms. The summed E-state index contributed by atoms with van der Waals surface area (Å²) in [5.74, 6) is 2.12. The van der Waals surface area contributed by atoms with E-state index in [1.54, 1.807) is 0 Å². The molecule has 1 fully saturated rings. The maximum absolute atomic E-state index is 2.57. The van der Waals surface area contributed by atoms with Crippen LogP contribution in [0.25, 0.3) is 0 Å². The Kier molecular flexibility index (Phi) is 7.92. The van der Waals surface area contributed by atoms with Crippen molar-refractivity contribution in [3.63, 3.8) is 0 Å². The monoisotopic (exact) mass is 239 g/mol. The van der Waals surface area contributed by atoms with E-state index in [9.17, 15) is 0 Å². The van der Waals surface area contributed by atoms with Gasteiger partial charge in [0.2, 0.25) is 0 Å². The topological polar surface area (TPSA) is 3.24 Å². The first kappa shape index (κ1) is 15.0. The molecule has 1 heteroatoms. The number of hydrogen-bond donors (Lipinski definition) is 0. The molecule has 102 valence electrons. The Hall–Kier alpha value is -0.0400. The van der Waals surface area contributed by atoms with Crippen molar-refractivity contribution in [1.29, 1.82) is 0 Å². The van der Waals surface area contributed by atoms with E-state index in [1.807, 2.05) is 0 Å². The Balaban J connectivity index is 2.11. The Labute approximate surface area is 109 Å². The maximum atomic E-state index is 2.57. The molecule has 1 aliphatic carbocycles. The van der Waals surface area contributed by atoms with Gasteiger partial charge in [0, 0.05) is 0 Å². The van der Waals surface area contributed by atoms with Crippen molar-refractivity contribution in [3.05, 3.63) is 0 Å². The first-order valence-electron chi connectivity index (χ1n) is 8.02. The lowest BCUT2D eigenvalue weighted by Crippen LogP contribution is -2.25. The van der Waals surface area contributed by atoms with Crippen LogP contribution in [-0.4, -0.2) is 24.5 Å². The van der Waals surface area contributed by atoms with Gasteiger partial charge in [0.25, 0.3) is 0 Å². The van der Waals surface area contributed by atoms with Crippen molar-refractivity contribution in [2.75, 3.05) is 19.6 Å². The highest BCUT2D eigenvalue weighted by Gasteiger charge is 2.21. The maximum Gasteiger partial charge on any atom is -0.00163 e. The van der Waals surface area contributed by atoms with E-state index in [1.165, 1.54) is 71.0 Å². The largest absolute Gasteiger partial charge is 0.304 e. The van der Waals surface area contributed by atoms with E-state index in [0.717, 1.165) is 11.8 Å². The van der Waals surface area contributed by atoms with E-state index < -0.39 is 0 Å². The Morgan fingerprint density at radius 3 is 2.24 bits per heavy atom. The third-order valence-electron chi connectivity index (χ3n) is 4.37. The van der Waals surface area contributed by atoms with Crippen molar-refractivity contribution in [1.82, 2.24) is 4.90 Å². The summed E-state index contributed by atoms with van der Waals surface area (Å²) < 4.78 is 0. The van der Waals surface area contributed by atoms with Crippen molar-refractivity contribution in [3.8, 4) is 0 Å². The van der Waals surface area contributed by atoms with Gasteiger partial charge in [-0.3, -0.25) is 0 Å². The van der Waals surface area contributed by atoms with Crippen LogP contribution >= 0.6 is 0 Å². The zero-order valence-electron chi connectivity index (χ0n) is 12.4. The van der Waals surface area contributed by atoms with Crippen molar-refractivity contribution in [2.45, 2.75) is 72.1 Å². The van der Waals surface area contributed by atoms with E-state index in [2.05, 4.69) is 25.7 Å². The van der Waals surface area contributed by atoms with Gasteiger partial charge in [-0.1, -0.05) is 65.7 Å². The predicted octanol–water partition coefficient (Wildman–Crippen LogP) is 4.71. The molecule has 17 heavy (non-hydrogen) atoms. The second-order valence-electron chi connectivity index (χ2n) is 5.84. The summed E-state index contributed by atoms with van der Waals surface area (Å²) >= 11 is 0. The molecule has 0 radical (unpaired) electrons. The fraction of sp³-hybridized carbons (Fsp3) is 1.00. The number of nitrogens with zero attached hydrogens (tertiary/aromatic N) is 1. The molecule has 0 saturated heterocycles. The van der Waals surface area contributed by atoms with Crippen LogP contribution in [0.3, 0.4) is 0 Å². The molecule has 0 aromatic carbocycles. The van der Waals surface area contributed by atoms with Crippen molar-refractivity contribution < 1.29 is 0 Å². The van der Waals surface area contributed by atoms with Crippen molar-refractivity contribution in [2.24, 2.45) is 11.8 Å². The second-order valence-corrected chi connectivity index (χ2v) is 5.84. The van der Waals surface area contributed by atoms with E-state index in [0.29, 0.717) is 0 Å². The van der Waals surface area contributed by atoms with E-state index in [4.69, 9.17) is 0 Å². The van der Waals surface area contributed by atoms with Gasteiger partial charge < -0.3 is 4.90 Å². The highest BCUT2D eigenvalue weighted by molar-refractivity contribution is 4.73. The van der Waals surface area contributed by atoms with Gasteiger partial charge in [0.05, 0.1) is 0 Å². The standard InChI is InChI=1S/C16H33N/c1-4-8-15(9-7-10-16-11-12-16)13-14-17(5-2)6-3/h15-16H,4-14H2,1-3H3. The molecule has 1 atom stereocenters. The van der Waals surface area contributed by atoms with Gasteiger partial charge >= 0.3 is 0 Å². The lowest BCUT2D eigenvalue weighted by atomic mass is 9.93. The summed E-state index contributed by atoms with van der Waals surface area (Å²) in [5.41, 5.74) is 0. The molecule has 1 unspecified atom stereocenters. The minimum atomic E-state index is 0.999.